The lowest BCUT2D eigenvalue weighted by atomic mass is 10.1. The third-order valence-corrected chi connectivity index (χ3v) is 4.09. The van der Waals surface area contributed by atoms with E-state index < -0.39 is 5.97 Å². The molecule has 1 aliphatic heterocycles. The molecule has 2 aliphatic rings. The number of nitrogens with zero attached hydrogens (tertiary/aromatic N) is 4. The normalized spacial score (nSPS) is 20.1. The summed E-state index contributed by atoms with van der Waals surface area (Å²) in [6.45, 7) is 0. The molecule has 3 rings (SSSR count). The first-order valence-electron chi connectivity index (χ1n) is 5.65. The van der Waals surface area contributed by atoms with E-state index in [0.717, 1.165) is 18.7 Å². The minimum absolute atomic E-state index is 0.168. The molecule has 1 aromatic heterocycles. The van der Waals surface area contributed by atoms with Gasteiger partial charge >= 0.3 is 5.97 Å². The fourth-order valence-corrected chi connectivity index (χ4v) is 3.09. The summed E-state index contributed by atoms with van der Waals surface area (Å²) < 4.78 is 1.62. The van der Waals surface area contributed by atoms with Gasteiger partial charge in [-0.3, -0.25) is 0 Å². The van der Waals surface area contributed by atoms with E-state index in [9.17, 15) is 4.79 Å². The molecule has 7 heteroatoms. The smallest absolute Gasteiger partial charge is 0.352 e. The van der Waals surface area contributed by atoms with E-state index in [1.807, 2.05) is 0 Å². The van der Waals surface area contributed by atoms with Crippen LogP contribution in [-0.4, -0.2) is 37.4 Å². The van der Waals surface area contributed by atoms with Crippen LogP contribution in [0.3, 0.4) is 0 Å². The Morgan fingerprint density at radius 2 is 2.12 bits per heavy atom. The number of thioether (sulfide) groups is 1. The fraction of sp³-hybridized carbons (Fsp3) is 0.600. The molecule has 1 N–H and O–H groups in total. The molecule has 17 heavy (non-hydrogen) atoms. The second-order valence-electron chi connectivity index (χ2n) is 4.27. The van der Waals surface area contributed by atoms with E-state index in [1.54, 1.807) is 4.68 Å². The minimum atomic E-state index is -0.964. The number of hydrogen-bond acceptors (Lipinski definition) is 5. The van der Waals surface area contributed by atoms with Crippen LogP contribution in [0.2, 0.25) is 0 Å². The van der Waals surface area contributed by atoms with Gasteiger partial charge in [-0.15, -0.1) is 10.2 Å². The van der Waals surface area contributed by atoms with Crippen molar-refractivity contribution in [2.45, 2.75) is 36.8 Å². The van der Waals surface area contributed by atoms with Crippen molar-refractivity contribution in [2.24, 2.45) is 5.10 Å². The van der Waals surface area contributed by atoms with Gasteiger partial charge in [0.1, 0.15) is 0 Å². The van der Waals surface area contributed by atoms with Gasteiger partial charge in [0.05, 0.1) is 5.75 Å². The molecule has 0 saturated heterocycles. The number of carboxylic acid groups (broad SMARTS) is 1. The van der Waals surface area contributed by atoms with Gasteiger partial charge in [0, 0.05) is 5.92 Å². The fourth-order valence-electron chi connectivity index (χ4n) is 2.29. The molecule has 0 radical (unpaired) electrons. The quantitative estimate of drug-likeness (QED) is 0.858. The van der Waals surface area contributed by atoms with Crippen molar-refractivity contribution in [2.75, 3.05) is 5.75 Å². The molecular formula is C10H12N4O2S. The predicted molar refractivity (Wildman–Crippen MR) is 62.4 cm³/mol. The van der Waals surface area contributed by atoms with E-state index >= 15 is 0 Å². The van der Waals surface area contributed by atoms with Gasteiger partial charge in [0.25, 0.3) is 0 Å². The summed E-state index contributed by atoms with van der Waals surface area (Å²) in [6.07, 6.45) is 4.60. The third kappa shape index (κ3) is 1.84. The summed E-state index contributed by atoms with van der Waals surface area (Å²) in [6, 6.07) is 0. The largest absolute Gasteiger partial charge is 0.477 e. The summed E-state index contributed by atoms with van der Waals surface area (Å²) in [5, 5.41) is 22.0. The van der Waals surface area contributed by atoms with Gasteiger partial charge in [0.15, 0.2) is 11.5 Å². The molecule has 90 valence electrons. The summed E-state index contributed by atoms with van der Waals surface area (Å²) in [5.74, 6) is 0.601. The van der Waals surface area contributed by atoms with E-state index in [2.05, 4.69) is 15.3 Å². The molecule has 2 heterocycles. The van der Waals surface area contributed by atoms with Crippen molar-refractivity contribution in [3.8, 4) is 0 Å². The van der Waals surface area contributed by atoms with E-state index in [0.29, 0.717) is 16.8 Å². The third-order valence-electron chi connectivity index (χ3n) is 3.16. The lowest BCUT2D eigenvalue weighted by Gasteiger charge is -2.13. The molecule has 0 spiro atoms. The van der Waals surface area contributed by atoms with Crippen molar-refractivity contribution in [3.63, 3.8) is 0 Å². The first kappa shape index (κ1) is 10.8. The number of carbonyl (C=O) groups is 1. The Morgan fingerprint density at radius 1 is 1.35 bits per heavy atom. The summed E-state index contributed by atoms with van der Waals surface area (Å²) in [5.41, 5.74) is 0.168. The lowest BCUT2D eigenvalue weighted by Crippen LogP contribution is -2.22. The molecule has 1 aromatic rings. The standard InChI is InChI=1S/C10H12N4O2S/c15-9(16)7-5-17-10-12-11-8(14(10)13-7)6-3-1-2-4-6/h6H,1-5H2,(H,15,16). The highest BCUT2D eigenvalue weighted by molar-refractivity contribution is 8.00. The predicted octanol–water partition coefficient (Wildman–Crippen LogP) is 1.33. The first-order valence-corrected chi connectivity index (χ1v) is 6.63. The molecule has 0 aromatic carbocycles. The second-order valence-corrected chi connectivity index (χ2v) is 5.22. The summed E-state index contributed by atoms with van der Waals surface area (Å²) in [4.78, 5) is 10.9. The molecule has 0 unspecified atom stereocenters. The number of aliphatic carboxylic acids is 1. The molecule has 1 fully saturated rings. The number of hydrogen-bond donors (Lipinski definition) is 1. The molecule has 1 aliphatic carbocycles. The molecule has 0 bridgehead atoms. The van der Waals surface area contributed by atoms with Crippen LogP contribution in [0.25, 0.3) is 0 Å². The van der Waals surface area contributed by atoms with Crippen LogP contribution in [0.4, 0.5) is 0 Å². The van der Waals surface area contributed by atoms with Gasteiger partial charge in [-0.25, -0.2) is 4.79 Å². The first-order chi connectivity index (χ1) is 8.25. The lowest BCUT2D eigenvalue weighted by molar-refractivity contribution is -0.129. The molecule has 0 amide bonds. The second kappa shape index (κ2) is 4.14. The van der Waals surface area contributed by atoms with Crippen LogP contribution in [-0.2, 0) is 4.79 Å². The van der Waals surface area contributed by atoms with Crippen molar-refractivity contribution >= 4 is 23.4 Å². The number of fused-ring (bicyclic) bond motifs is 1. The SMILES string of the molecule is O=C(O)C1=Nn2c(nnc2C2CCCC2)SC1. The Morgan fingerprint density at radius 3 is 2.82 bits per heavy atom. The average Bonchev–Trinajstić information content (AvgIpc) is 2.96. The zero-order valence-electron chi connectivity index (χ0n) is 9.17. The summed E-state index contributed by atoms with van der Waals surface area (Å²) in [7, 11) is 0. The van der Waals surface area contributed by atoms with Gasteiger partial charge in [-0.1, -0.05) is 24.6 Å². The Labute approximate surface area is 102 Å². The number of aromatic nitrogens is 3. The van der Waals surface area contributed by atoms with Crippen molar-refractivity contribution in [3.05, 3.63) is 5.82 Å². The molecule has 0 atom stereocenters. The maximum atomic E-state index is 10.9. The minimum Gasteiger partial charge on any atom is -0.477 e. The maximum absolute atomic E-state index is 10.9. The van der Waals surface area contributed by atoms with Crippen LogP contribution < -0.4 is 0 Å². The average molecular weight is 252 g/mol. The highest BCUT2D eigenvalue weighted by atomic mass is 32.2. The summed E-state index contributed by atoms with van der Waals surface area (Å²) >= 11 is 1.38. The van der Waals surface area contributed by atoms with Crippen LogP contribution in [0.15, 0.2) is 10.3 Å². The molecular weight excluding hydrogens is 240 g/mol. The van der Waals surface area contributed by atoms with E-state index in [1.165, 1.54) is 24.6 Å². The Balaban J connectivity index is 1.99. The highest BCUT2D eigenvalue weighted by Gasteiger charge is 2.28. The van der Waals surface area contributed by atoms with Crippen LogP contribution in [0, 0.1) is 0 Å². The van der Waals surface area contributed by atoms with Crippen LogP contribution in [0.1, 0.15) is 37.4 Å². The zero-order chi connectivity index (χ0) is 11.8. The zero-order valence-corrected chi connectivity index (χ0v) is 9.98. The van der Waals surface area contributed by atoms with E-state index in [4.69, 9.17) is 5.11 Å². The van der Waals surface area contributed by atoms with Crippen LogP contribution >= 0.6 is 11.8 Å². The number of carboxylic acids is 1. The van der Waals surface area contributed by atoms with Crippen molar-refractivity contribution in [1.82, 2.24) is 14.9 Å². The van der Waals surface area contributed by atoms with Crippen LogP contribution in [0.5, 0.6) is 0 Å². The van der Waals surface area contributed by atoms with Crippen molar-refractivity contribution < 1.29 is 9.90 Å². The van der Waals surface area contributed by atoms with Gasteiger partial charge in [-0.05, 0) is 12.8 Å². The van der Waals surface area contributed by atoms with Gasteiger partial charge in [-0.2, -0.15) is 9.78 Å². The van der Waals surface area contributed by atoms with Gasteiger partial charge in [0.2, 0.25) is 5.16 Å². The highest BCUT2D eigenvalue weighted by Crippen LogP contribution is 2.35. The molecule has 1 saturated carbocycles. The topological polar surface area (TPSA) is 80.4 Å². The Hall–Kier alpha value is -1.37. The van der Waals surface area contributed by atoms with Gasteiger partial charge < -0.3 is 5.11 Å². The molecule has 6 nitrogen and oxygen atoms in total. The number of rotatable bonds is 2. The maximum Gasteiger partial charge on any atom is 0.352 e. The Kier molecular flexibility index (Phi) is 2.62. The van der Waals surface area contributed by atoms with Crippen molar-refractivity contribution in [1.29, 1.82) is 0 Å². The van der Waals surface area contributed by atoms with E-state index in [-0.39, 0.29) is 5.71 Å². The monoisotopic (exact) mass is 252 g/mol. The Bertz CT molecular complexity index is 490.